The largest absolute Gasteiger partial charge is 0.356 e. The zero-order valence-electron chi connectivity index (χ0n) is 15.2. The second-order valence-corrected chi connectivity index (χ2v) is 6.91. The summed E-state index contributed by atoms with van der Waals surface area (Å²) in [5, 5.41) is 29.8. The van der Waals surface area contributed by atoms with Crippen molar-refractivity contribution >= 4 is 23.8 Å². The summed E-state index contributed by atoms with van der Waals surface area (Å²) < 4.78 is 13.4. The second kappa shape index (κ2) is 8.89. The normalized spacial score (nSPS) is 24.6. The van der Waals surface area contributed by atoms with Gasteiger partial charge < -0.3 is 5.32 Å². The third kappa shape index (κ3) is 4.34. The molecule has 9 nitrogen and oxygen atoms in total. The first-order valence-corrected chi connectivity index (χ1v) is 9.08. The van der Waals surface area contributed by atoms with E-state index in [0.717, 1.165) is 18.4 Å². The molecule has 6 N–H and O–H groups in total. The molecule has 0 aliphatic heterocycles. The van der Waals surface area contributed by atoms with Gasteiger partial charge >= 0.3 is 0 Å². The van der Waals surface area contributed by atoms with Crippen LogP contribution < -0.4 is 16.3 Å². The Hall–Kier alpha value is -2.85. The molecule has 2 aliphatic carbocycles. The summed E-state index contributed by atoms with van der Waals surface area (Å²) in [7, 11) is 0. The van der Waals surface area contributed by atoms with Crippen molar-refractivity contribution in [2.24, 2.45) is 9.98 Å². The summed E-state index contributed by atoms with van der Waals surface area (Å²) in [6, 6.07) is 4.06. The molecule has 1 amide bonds. The first-order valence-electron chi connectivity index (χ1n) is 9.08. The minimum absolute atomic E-state index is 0.115. The van der Waals surface area contributed by atoms with Crippen molar-refractivity contribution in [2.45, 2.75) is 50.2 Å². The Balaban J connectivity index is 1.70. The van der Waals surface area contributed by atoms with Crippen molar-refractivity contribution in [1.29, 1.82) is 5.41 Å². The molecule has 1 fully saturated rings. The standard InChI is InChI=1S/C18H23FN6O3/c19-11-2-1-10-7-15(14(10)8-11)23-18(25-28)16(20)17(24-27)22-13-5-3-12(4-6-13)21-9-26/h1-2,8-9,12-13,15,20,27-28H,3-7H2,(H,21,26)(H,22,24)(H,23,25). The average molecular weight is 390 g/mol. The van der Waals surface area contributed by atoms with Gasteiger partial charge in [-0.25, -0.2) is 4.39 Å². The second-order valence-electron chi connectivity index (χ2n) is 6.91. The maximum atomic E-state index is 13.4. The van der Waals surface area contributed by atoms with E-state index < -0.39 is 0 Å². The first kappa shape index (κ1) is 19.9. The van der Waals surface area contributed by atoms with Crippen molar-refractivity contribution in [3.05, 3.63) is 35.1 Å². The monoisotopic (exact) mass is 390 g/mol. The predicted molar refractivity (Wildman–Crippen MR) is 101 cm³/mol. The van der Waals surface area contributed by atoms with Crippen LogP contribution in [0.15, 0.2) is 28.2 Å². The van der Waals surface area contributed by atoms with Crippen LogP contribution in [0.4, 0.5) is 4.39 Å². The highest BCUT2D eigenvalue weighted by Crippen LogP contribution is 2.36. The van der Waals surface area contributed by atoms with Crippen LogP contribution in [0.5, 0.6) is 0 Å². The van der Waals surface area contributed by atoms with E-state index in [0.29, 0.717) is 31.2 Å². The molecule has 150 valence electrons. The number of hydrogen-bond donors (Lipinski definition) is 6. The summed E-state index contributed by atoms with van der Waals surface area (Å²) in [5.41, 5.74) is 5.14. The van der Waals surface area contributed by atoms with Gasteiger partial charge in [0, 0.05) is 6.04 Å². The van der Waals surface area contributed by atoms with Gasteiger partial charge in [-0.05, 0) is 55.4 Å². The van der Waals surface area contributed by atoms with Crippen LogP contribution >= 0.6 is 0 Å². The number of fused-ring (bicyclic) bond motifs is 1. The van der Waals surface area contributed by atoms with Gasteiger partial charge in [0.2, 0.25) is 6.41 Å². The molecule has 1 atom stereocenters. The van der Waals surface area contributed by atoms with Crippen LogP contribution in [0.2, 0.25) is 0 Å². The molecule has 1 aromatic rings. The molecule has 2 aliphatic rings. The van der Waals surface area contributed by atoms with E-state index in [2.05, 4.69) is 15.3 Å². The Labute approximate surface area is 161 Å². The van der Waals surface area contributed by atoms with Gasteiger partial charge in [0.1, 0.15) is 11.5 Å². The highest BCUT2D eigenvalue weighted by molar-refractivity contribution is 6.66. The van der Waals surface area contributed by atoms with Gasteiger partial charge in [0.25, 0.3) is 0 Å². The third-order valence-electron chi connectivity index (χ3n) is 5.16. The van der Waals surface area contributed by atoms with Crippen molar-refractivity contribution in [3.8, 4) is 0 Å². The van der Waals surface area contributed by atoms with Gasteiger partial charge in [-0.3, -0.25) is 41.6 Å². The lowest BCUT2D eigenvalue weighted by molar-refractivity contribution is -0.110. The van der Waals surface area contributed by atoms with Crippen LogP contribution in [0, 0.1) is 11.2 Å². The van der Waals surface area contributed by atoms with Gasteiger partial charge in [-0.1, -0.05) is 6.07 Å². The molecule has 0 saturated heterocycles. The average Bonchev–Trinajstić information content (AvgIpc) is 2.69. The number of nitrogens with zero attached hydrogens (tertiary/aromatic N) is 2. The molecule has 0 spiro atoms. The number of hydrogen-bond acceptors (Lipinski definition) is 6. The van der Waals surface area contributed by atoms with E-state index in [1.54, 1.807) is 6.07 Å². The number of benzene rings is 1. The Kier molecular flexibility index (Phi) is 6.32. The molecule has 1 saturated carbocycles. The molecule has 0 bridgehead atoms. The fraction of sp³-hybridized carbons (Fsp3) is 0.444. The minimum Gasteiger partial charge on any atom is -0.356 e. The molecule has 3 rings (SSSR count). The lowest BCUT2D eigenvalue weighted by Crippen LogP contribution is -2.41. The molecule has 0 aromatic heterocycles. The number of halogens is 1. The van der Waals surface area contributed by atoms with Crippen molar-refractivity contribution < 1.29 is 19.6 Å². The van der Waals surface area contributed by atoms with Gasteiger partial charge in [-0.15, -0.1) is 0 Å². The van der Waals surface area contributed by atoms with Crippen LogP contribution in [-0.2, 0) is 11.2 Å². The summed E-state index contributed by atoms with van der Waals surface area (Å²) >= 11 is 0. The highest BCUT2D eigenvalue weighted by atomic mass is 19.1. The van der Waals surface area contributed by atoms with E-state index in [1.807, 2.05) is 11.0 Å². The molecular formula is C18H23FN6O3. The molecule has 1 unspecified atom stereocenters. The van der Waals surface area contributed by atoms with Gasteiger partial charge in [0.05, 0.1) is 12.1 Å². The topological polar surface area (TPSA) is 142 Å². The Morgan fingerprint density at radius 2 is 1.82 bits per heavy atom. The molecular weight excluding hydrogens is 367 g/mol. The summed E-state index contributed by atoms with van der Waals surface area (Å²) in [5.74, 6) is -0.659. The maximum Gasteiger partial charge on any atom is 0.207 e. The minimum atomic E-state index is -0.384. The molecule has 0 heterocycles. The zero-order chi connectivity index (χ0) is 20.1. The number of carbonyl (C=O) groups excluding carboxylic acids is 1. The Morgan fingerprint density at radius 3 is 2.46 bits per heavy atom. The molecule has 0 radical (unpaired) electrons. The molecule has 28 heavy (non-hydrogen) atoms. The lowest BCUT2D eigenvalue weighted by Gasteiger charge is -2.28. The van der Waals surface area contributed by atoms with Gasteiger partial charge in [-0.2, -0.15) is 0 Å². The van der Waals surface area contributed by atoms with Gasteiger partial charge in [0.15, 0.2) is 11.7 Å². The summed E-state index contributed by atoms with van der Waals surface area (Å²) in [6.07, 6.45) is 4.15. The van der Waals surface area contributed by atoms with Crippen LogP contribution in [0.25, 0.3) is 0 Å². The SMILES string of the molecule is N=C(C(=NC1CCC(NC=O)CC1)NO)C(=NC1Cc2ccc(F)cc21)NO. The van der Waals surface area contributed by atoms with E-state index in [4.69, 9.17) is 5.41 Å². The molecule has 1 aromatic carbocycles. The predicted octanol–water partition coefficient (Wildman–Crippen LogP) is 1.25. The van der Waals surface area contributed by atoms with Crippen LogP contribution in [0.3, 0.4) is 0 Å². The number of amides is 1. The third-order valence-corrected chi connectivity index (χ3v) is 5.16. The van der Waals surface area contributed by atoms with Crippen LogP contribution in [0.1, 0.15) is 42.9 Å². The maximum absolute atomic E-state index is 13.4. The number of rotatable bonds is 6. The van der Waals surface area contributed by atoms with Crippen LogP contribution in [-0.4, -0.2) is 46.3 Å². The number of hydroxylamine groups is 2. The highest BCUT2D eigenvalue weighted by Gasteiger charge is 2.28. The number of aliphatic imine (C=N–C) groups is 2. The fourth-order valence-corrected chi connectivity index (χ4v) is 3.58. The zero-order valence-corrected chi connectivity index (χ0v) is 15.2. The van der Waals surface area contributed by atoms with Crippen molar-refractivity contribution in [2.75, 3.05) is 0 Å². The molecule has 10 heteroatoms. The lowest BCUT2D eigenvalue weighted by atomic mass is 9.83. The fourth-order valence-electron chi connectivity index (χ4n) is 3.58. The van der Waals surface area contributed by atoms with E-state index >= 15 is 0 Å². The number of nitrogens with one attached hydrogen (secondary N) is 4. The first-order chi connectivity index (χ1) is 13.5. The Morgan fingerprint density at radius 1 is 1.14 bits per heavy atom. The van der Waals surface area contributed by atoms with E-state index in [-0.39, 0.29) is 41.3 Å². The van der Waals surface area contributed by atoms with E-state index in [1.165, 1.54) is 12.1 Å². The number of amidine groups is 2. The quantitative estimate of drug-likeness (QED) is 0.188. The smallest absolute Gasteiger partial charge is 0.207 e. The van der Waals surface area contributed by atoms with E-state index in [9.17, 15) is 19.6 Å². The van der Waals surface area contributed by atoms with Crippen molar-refractivity contribution in [3.63, 3.8) is 0 Å². The summed E-state index contributed by atoms with van der Waals surface area (Å²) in [6.45, 7) is 0. The Bertz CT molecular complexity index is 805. The number of carbonyl (C=O) groups is 1. The summed E-state index contributed by atoms with van der Waals surface area (Å²) in [4.78, 5) is 19.1. The van der Waals surface area contributed by atoms with Crippen molar-refractivity contribution in [1.82, 2.24) is 16.3 Å².